The SMILES string of the molecule is O=[S@](Cc1ccccn1)c1nc2ccccc2[nH]1. The third kappa shape index (κ3) is 2.17. The molecule has 1 atom stereocenters. The van der Waals surface area contributed by atoms with E-state index >= 15 is 0 Å². The van der Waals surface area contributed by atoms with E-state index in [4.69, 9.17) is 0 Å². The fourth-order valence-corrected chi connectivity index (χ4v) is 2.72. The summed E-state index contributed by atoms with van der Waals surface area (Å²) in [6.45, 7) is 0. The number of imidazole rings is 1. The number of rotatable bonds is 3. The molecule has 18 heavy (non-hydrogen) atoms. The summed E-state index contributed by atoms with van der Waals surface area (Å²) in [5.41, 5.74) is 2.54. The molecular formula is C13H11N3OS. The molecule has 3 aromatic rings. The number of nitrogens with zero attached hydrogens (tertiary/aromatic N) is 2. The Labute approximate surface area is 107 Å². The predicted molar refractivity (Wildman–Crippen MR) is 70.4 cm³/mol. The molecule has 0 saturated heterocycles. The summed E-state index contributed by atoms with van der Waals surface area (Å²) in [4.78, 5) is 11.6. The van der Waals surface area contributed by atoms with Gasteiger partial charge in [0.25, 0.3) is 0 Å². The Balaban J connectivity index is 1.88. The summed E-state index contributed by atoms with van der Waals surface area (Å²) in [5, 5.41) is 0.502. The van der Waals surface area contributed by atoms with Crippen molar-refractivity contribution in [1.29, 1.82) is 0 Å². The second kappa shape index (κ2) is 4.70. The Kier molecular flexibility index (Phi) is 2.90. The van der Waals surface area contributed by atoms with E-state index in [0.717, 1.165) is 16.7 Å². The first-order valence-electron chi connectivity index (χ1n) is 5.56. The van der Waals surface area contributed by atoms with Crippen molar-refractivity contribution in [2.75, 3.05) is 0 Å². The molecule has 0 saturated carbocycles. The highest BCUT2D eigenvalue weighted by atomic mass is 32.2. The average Bonchev–Trinajstić information content (AvgIpc) is 2.84. The highest BCUT2D eigenvalue weighted by molar-refractivity contribution is 7.84. The normalized spacial score (nSPS) is 12.7. The van der Waals surface area contributed by atoms with E-state index in [0.29, 0.717) is 10.9 Å². The predicted octanol–water partition coefficient (Wildman–Crippen LogP) is 2.27. The van der Waals surface area contributed by atoms with E-state index < -0.39 is 10.8 Å². The van der Waals surface area contributed by atoms with Gasteiger partial charge in [0.2, 0.25) is 0 Å². The van der Waals surface area contributed by atoms with E-state index in [-0.39, 0.29) is 0 Å². The van der Waals surface area contributed by atoms with E-state index in [1.165, 1.54) is 0 Å². The summed E-state index contributed by atoms with van der Waals surface area (Å²) < 4.78 is 12.2. The standard InChI is InChI=1S/C13H11N3OS/c17-18(9-10-5-3-4-8-14-10)13-15-11-6-1-2-7-12(11)16-13/h1-8H,9H2,(H,15,16)/t18-/m1/s1. The molecule has 0 spiro atoms. The van der Waals surface area contributed by atoms with Gasteiger partial charge in [0.05, 0.1) is 33.3 Å². The highest BCUT2D eigenvalue weighted by Gasteiger charge is 2.10. The lowest BCUT2D eigenvalue weighted by molar-refractivity contribution is 0.677. The Morgan fingerprint density at radius 3 is 2.72 bits per heavy atom. The van der Waals surface area contributed by atoms with Crippen LogP contribution >= 0.6 is 0 Å². The maximum absolute atomic E-state index is 12.2. The van der Waals surface area contributed by atoms with Crippen molar-refractivity contribution in [3.05, 3.63) is 54.4 Å². The molecule has 0 radical (unpaired) electrons. The van der Waals surface area contributed by atoms with Crippen LogP contribution in [0.1, 0.15) is 5.69 Å². The molecule has 3 rings (SSSR count). The first-order chi connectivity index (χ1) is 8.83. The molecule has 0 aliphatic carbocycles. The highest BCUT2D eigenvalue weighted by Crippen LogP contribution is 2.14. The number of pyridine rings is 1. The van der Waals surface area contributed by atoms with Crippen molar-refractivity contribution in [1.82, 2.24) is 15.0 Å². The first kappa shape index (κ1) is 11.1. The molecule has 0 aliphatic rings. The van der Waals surface area contributed by atoms with E-state index in [9.17, 15) is 4.21 Å². The molecule has 0 unspecified atom stereocenters. The quantitative estimate of drug-likeness (QED) is 0.783. The van der Waals surface area contributed by atoms with Crippen LogP contribution in [0.15, 0.2) is 53.8 Å². The zero-order valence-electron chi connectivity index (χ0n) is 9.54. The number of aromatic nitrogens is 3. The zero-order valence-corrected chi connectivity index (χ0v) is 10.4. The second-order valence-electron chi connectivity index (χ2n) is 3.87. The number of nitrogens with one attached hydrogen (secondary N) is 1. The van der Waals surface area contributed by atoms with Crippen molar-refractivity contribution in [3.8, 4) is 0 Å². The van der Waals surface area contributed by atoms with Crippen molar-refractivity contribution < 1.29 is 4.21 Å². The fraction of sp³-hybridized carbons (Fsp3) is 0.0769. The van der Waals surface area contributed by atoms with Crippen molar-refractivity contribution in [2.24, 2.45) is 0 Å². The lowest BCUT2D eigenvalue weighted by Gasteiger charge is -1.97. The minimum Gasteiger partial charge on any atom is -0.331 e. The Morgan fingerprint density at radius 1 is 1.11 bits per heavy atom. The van der Waals surface area contributed by atoms with Crippen LogP contribution in [0.4, 0.5) is 0 Å². The maximum atomic E-state index is 12.2. The van der Waals surface area contributed by atoms with E-state index in [1.54, 1.807) is 6.20 Å². The monoisotopic (exact) mass is 257 g/mol. The number of hydrogen-bond acceptors (Lipinski definition) is 3. The van der Waals surface area contributed by atoms with Gasteiger partial charge in [0.1, 0.15) is 0 Å². The number of H-pyrrole nitrogens is 1. The van der Waals surface area contributed by atoms with Crippen molar-refractivity contribution in [2.45, 2.75) is 10.9 Å². The van der Waals surface area contributed by atoms with Crippen LogP contribution in [-0.4, -0.2) is 19.2 Å². The van der Waals surface area contributed by atoms with Gasteiger partial charge in [0.15, 0.2) is 5.16 Å². The molecular weight excluding hydrogens is 246 g/mol. The van der Waals surface area contributed by atoms with Crippen LogP contribution in [0.5, 0.6) is 0 Å². The number of para-hydroxylation sites is 2. The van der Waals surface area contributed by atoms with Crippen LogP contribution < -0.4 is 0 Å². The fourth-order valence-electron chi connectivity index (χ4n) is 1.72. The van der Waals surface area contributed by atoms with Gasteiger partial charge in [-0.2, -0.15) is 0 Å². The molecule has 1 N–H and O–H groups in total. The summed E-state index contributed by atoms with van der Waals surface area (Å²) in [6.07, 6.45) is 1.70. The first-order valence-corrected chi connectivity index (χ1v) is 6.88. The molecule has 0 amide bonds. The second-order valence-corrected chi connectivity index (χ2v) is 5.24. The summed E-state index contributed by atoms with van der Waals surface area (Å²) in [5.74, 6) is 0.376. The lowest BCUT2D eigenvalue weighted by atomic mass is 10.3. The number of hydrogen-bond donors (Lipinski definition) is 1. The third-order valence-corrected chi connectivity index (χ3v) is 3.77. The van der Waals surface area contributed by atoms with Crippen LogP contribution in [0, 0.1) is 0 Å². The van der Waals surface area contributed by atoms with Crippen LogP contribution in [0.3, 0.4) is 0 Å². The Morgan fingerprint density at radius 2 is 1.94 bits per heavy atom. The Bertz CT molecular complexity index is 661. The van der Waals surface area contributed by atoms with E-state index in [2.05, 4.69) is 15.0 Å². The maximum Gasteiger partial charge on any atom is 0.197 e. The van der Waals surface area contributed by atoms with Crippen LogP contribution in [0.25, 0.3) is 11.0 Å². The smallest absolute Gasteiger partial charge is 0.197 e. The van der Waals surface area contributed by atoms with Gasteiger partial charge in [-0.15, -0.1) is 0 Å². The van der Waals surface area contributed by atoms with Crippen molar-refractivity contribution in [3.63, 3.8) is 0 Å². The van der Waals surface area contributed by atoms with Gasteiger partial charge in [0, 0.05) is 6.20 Å². The lowest BCUT2D eigenvalue weighted by Crippen LogP contribution is -1.99. The Hall–Kier alpha value is -2.01. The van der Waals surface area contributed by atoms with Crippen molar-refractivity contribution >= 4 is 21.8 Å². The molecule has 5 heteroatoms. The summed E-state index contributed by atoms with van der Waals surface area (Å²) >= 11 is 0. The molecule has 1 aromatic carbocycles. The minimum atomic E-state index is -1.20. The number of aromatic amines is 1. The molecule has 0 bridgehead atoms. The molecule has 4 nitrogen and oxygen atoms in total. The van der Waals surface area contributed by atoms with Gasteiger partial charge < -0.3 is 4.98 Å². The van der Waals surface area contributed by atoms with Gasteiger partial charge in [-0.1, -0.05) is 18.2 Å². The van der Waals surface area contributed by atoms with Gasteiger partial charge in [-0.25, -0.2) is 4.98 Å². The summed E-state index contributed by atoms with van der Waals surface area (Å²) in [7, 11) is -1.20. The van der Waals surface area contributed by atoms with Crippen LogP contribution in [0.2, 0.25) is 0 Å². The molecule has 0 fully saturated rings. The average molecular weight is 257 g/mol. The molecule has 0 aliphatic heterocycles. The van der Waals surface area contributed by atoms with Gasteiger partial charge in [-0.3, -0.25) is 9.19 Å². The van der Waals surface area contributed by atoms with E-state index in [1.807, 2.05) is 42.5 Å². The number of fused-ring (bicyclic) bond motifs is 1. The topological polar surface area (TPSA) is 58.6 Å². The molecule has 90 valence electrons. The largest absolute Gasteiger partial charge is 0.331 e. The zero-order chi connectivity index (χ0) is 12.4. The summed E-state index contributed by atoms with van der Waals surface area (Å²) in [6, 6.07) is 13.2. The third-order valence-electron chi connectivity index (χ3n) is 2.59. The van der Waals surface area contributed by atoms with Gasteiger partial charge in [-0.05, 0) is 24.3 Å². The molecule has 2 aromatic heterocycles. The van der Waals surface area contributed by atoms with Crippen LogP contribution in [-0.2, 0) is 16.6 Å². The van der Waals surface area contributed by atoms with Gasteiger partial charge >= 0.3 is 0 Å². The number of benzene rings is 1. The minimum absolute atomic E-state index is 0.376. The molecule has 2 heterocycles.